The van der Waals surface area contributed by atoms with Crippen molar-refractivity contribution in [3.63, 3.8) is 0 Å². The molecule has 3 heterocycles. The number of benzene rings is 2. The maximum atomic E-state index is 10.4. The molecule has 1 saturated carbocycles. The average molecular weight is 466 g/mol. The quantitative estimate of drug-likeness (QED) is 0.432. The predicted molar refractivity (Wildman–Crippen MR) is 134 cm³/mol. The Morgan fingerprint density at radius 2 is 1.69 bits per heavy atom. The van der Waals surface area contributed by atoms with Crippen LogP contribution in [0, 0.1) is 17.8 Å². The van der Waals surface area contributed by atoms with Crippen molar-refractivity contribution in [1.29, 1.82) is 0 Å². The molecule has 1 aliphatic heterocycles. The Kier molecular flexibility index (Phi) is 5.91. The number of rotatable bonds is 5. The molecule has 7 nitrogen and oxygen atoms in total. The molecule has 1 aliphatic carbocycles. The maximum Gasteiger partial charge on any atom is 0.170 e. The first kappa shape index (κ1) is 21.8. The van der Waals surface area contributed by atoms with Crippen molar-refractivity contribution in [1.82, 2.24) is 24.6 Å². The molecule has 2 fully saturated rings. The molecule has 35 heavy (non-hydrogen) atoms. The first-order chi connectivity index (χ1) is 17.2. The average Bonchev–Trinajstić information content (AvgIpc) is 3.67. The molecular weight excluding hydrogens is 438 g/mol. The van der Waals surface area contributed by atoms with E-state index in [1.165, 1.54) is 12.8 Å². The van der Waals surface area contributed by atoms with E-state index in [2.05, 4.69) is 26.7 Å². The van der Waals surface area contributed by atoms with Gasteiger partial charge in [-0.3, -0.25) is 4.90 Å². The number of nitrogens with zero attached hydrogens (tertiary/aromatic N) is 5. The van der Waals surface area contributed by atoms with Crippen LogP contribution in [-0.4, -0.2) is 49.1 Å². The van der Waals surface area contributed by atoms with Gasteiger partial charge < -0.3 is 9.84 Å². The lowest BCUT2D eigenvalue weighted by Crippen LogP contribution is -2.41. The van der Waals surface area contributed by atoms with Crippen LogP contribution in [0.15, 0.2) is 67.1 Å². The summed E-state index contributed by atoms with van der Waals surface area (Å²) in [5.41, 5.74) is 2.70. The van der Waals surface area contributed by atoms with Gasteiger partial charge >= 0.3 is 0 Å². The zero-order chi connectivity index (χ0) is 23.6. The van der Waals surface area contributed by atoms with Crippen LogP contribution < -0.4 is 4.74 Å². The van der Waals surface area contributed by atoms with E-state index in [4.69, 9.17) is 9.84 Å². The smallest absolute Gasteiger partial charge is 0.170 e. The zero-order valence-electron chi connectivity index (χ0n) is 19.4. The lowest BCUT2D eigenvalue weighted by atomic mass is 10.0. The summed E-state index contributed by atoms with van der Waals surface area (Å²) in [7, 11) is 0. The van der Waals surface area contributed by atoms with Crippen molar-refractivity contribution in [2.75, 3.05) is 13.1 Å². The Hall–Kier alpha value is -3.73. The van der Waals surface area contributed by atoms with Crippen molar-refractivity contribution in [3.05, 3.63) is 67.1 Å². The van der Waals surface area contributed by atoms with Gasteiger partial charge in [-0.05, 0) is 62.1 Å². The Balaban J connectivity index is 1.21. The Morgan fingerprint density at radius 1 is 0.943 bits per heavy atom. The summed E-state index contributed by atoms with van der Waals surface area (Å²) in [6.07, 6.45) is 6.83. The van der Waals surface area contributed by atoms with Gasteiger partial charge in [0.25, 0.3) is 0 Å². The van der Waals surface area contributed by atoms with E-state index in [0.717, 1.165) is 59.7 Å². The first-order valence-corrected chi connectivity index (χ1v) is 12.2. The minimum absolute atomic E-state index is 0.210. The van der Waals surface area contributed by atoms with E-state index in [-0.39, 0.29) is 6.04 Å². The molecule has 4 aromatic rings. The van der Waals surface area contributed by atoms with Crippen LogP contribution in [0.3, 0.4) is 0 Å². The van der Waals surface area contributed by atoms with E-state index in [0.29, 0.717) is 5.92 Å². The van der Waals surface area contributed by atoms with Crippen LogP contribution in [0.4, 0.5) is 0 Å². The molecule has 176 valence electrons. The molecule has 0 amide bonds. The largest absolute Gasteiger partial charge is 0.457 e. The molecule has 2 aliphatic rings. The van der Waals surface area contributed by atoms with E-state index in [1.54, 1.807) is 6.33 Å². The second-order valence-corrected chi connectivity index (χ2v) is 9.20. The molecule has 6 rings (SSSR count). The lowest BCUT2D eigenvalue weighted by molar-refractivity contribution is 0.0242. The number of aromatic nitrogens is 4. The van der Waals surface area contributed by atoms with Gasteiger partial charge in [0.15, 0.2) is 11.9 Å². The number of para-hydroxylation sites is 1. The van der Waals surface area contributed by atoms with Crippen LogP contribution in [0.25, 0.3) is 22.3 Å². The summed E-state index contributed by atoms with van der Waals surface area (Å²) in [5, 5.41) is 16.4. The third-order valence-corrected chi connectivity index (χ3v) is 6.66. The van der Waals surface area contributed by atoms with Gasteiger partial charge in [-0.2, -0.15) is 5.10 Å². The highest BCUT2D eigenvalue weighted by Crippen LogP contribution is 2.33. The highest BCUT2D eigenvalue weighted by Gasteiger charge is 2.27. The normalized spacial score (nSPS) is 17.6. The van der Waals surface area contributed by atoms with Gasteiger partial charge in [0.2, 0.25) is 0 Å². The Bertz CT molecular complexity index is 1360. The molecule has 1 unspecified atom stereocenters. The molecule has 7 heteroatoms. The van der Waals surface area contributed by atoms with Crippen LogP contribution in [0.1, 0.15) is 31.7 Å². The molecule has 0 radical (unpaired) electrons. The van der Waals surface area contributed by atoms with E-state index in [1.807, 2.05) is 65.5 Å². The fourth-order valence-electron chi connectivity index (χ4n) is 4.54. The van der Waals surface area contributed by atoms with Gasteiger partial charge in [-0.1, -0.05) is 30.0 Å². The lowest BCUT2D eigenvalue weighted by Gasteiger charge is -2.33. The summed E-state index contributed by atoms with van der Waals surface area (Å²) in [6.45, 7) is 1.55. The molecule has 1 atom stereocenters. The van der Waals surface area contributed by atoms with Gasteiger partial charge in [0.05, 0.1) is 11.4 Å². The number of hydrogen-bond acceptors (Lipinski definition) is 6. The van der Waals surface area contributed by atoms with Crippen LogP contribution in [-0.2, 0) is 0 Å². The number of fused-ring (bicyclic) bond motifs is 1. The van der Waals surface area contributed by atoms with Gasteiger partial charge in [-0.25, -0.2) is 14.6 Å². The number of aliphatic hydroxyl groups is 1. The summed E-state index contributed by atoms with van der Waals surface area (Å²) < 4.78 is 7.98. The fraction of sp³-hybridized carbons (Fsp3) is 0.321. The second-order valence-electron chi connectivity index (χ2n) is 9.20. The maximum absolute atomic E-state index is 10.4. The molecule has 0 spiro atoms. The molecule has 1 saturated heterocycles. The SMILES string of the molecule is OC(C#CC1CC1)N1CCC(n2nc(-c3ccc(Oc4ccccc4)cc3)c3cncnc32)CC1. The molecular formula is C28H27N5O2. The van der Waals surface area contributed by atoms with Crippen molar-refractivity contribution in [2.45, 2.75) is 38.0 Å². The highest BCUT2D eigenvalue weighted by molar-refractivity contribution is 5.90. The Morgan fingerprint density at radius 3 is 2.43 bits per heavy atom. The van der Waals surface area contributed by atoms with E-state index < -0.39 is 6.23 Å². The zero-order valence-corrected chi connectivity index (χ0v) is 19.4. The number of hydrogen-bond donors (Lipinski definition) is 1. The van der Waals surface area contributed by atoms with E-state index in [9.17, 15) is 5.11 Å². The van der Waals surface area contributed by atoms with Crippen molar-refractivity contribution in [2.24, 2.45) is 5.92 Å². The monoisotopic (exact) mass is 465 g/mol. The van der Waals surface area contributed by atoms with Gasteiger partial charge in [0.1, 0.15) is 23.5 Å². The van der Waals surface area contributed by atoms with Gasteiger partial charge in [-0.15, -0.1) is 0 Å². The molecule has 1 N–H and O–H groups in total. The van der Waals surface area contributed by atoms with Crippen molar-refractivity contribution in [3.8, 4) is 34.6 Å². The molecule has 2 aromatic carbocycles. The summed E-state index contributed by atoms with van der Waals surface area (Å²) in [5.74, 6) is 8.27. The number of ether oxygens (including phenoxy) is 1. The number of piperidine rings is 1. The minimum atomic E-state index is -0.680. The fourth-order valence-corrected chi connectivity index (χ4v) is 4.54. The standard InChI is InChI=1S/C28H27N5O2/c34-26(13-8-20-6-7-20)32-16-14-22(15-17-32)33-28-25(18-29-19-30-28)27(31-33)21-9-11-24(12-10-21)35-23-4-2-1-3-5-23/h1-5,9-12,18-20,22,26,34H,6-7,14-17H2. The molecule has 2 aromatic heterocycles. The minimum Gasteiger partial charge on any atom is -0.457 e. The van der Waals surface area contributed by atoms with Crippen LogP contribution in [0.2, 0.25) is 0 Å². The second kappa shape index (κ2) is 9.49. The third kappa shape index (κ3) is 4.76. The summed E-state index contributed by atoms with van der Waals surface area (Å²) >= 11 is 0. The molecule has 0 bridgehead atoms. The van der Waals surface area contributed by atoms with Crippen molar-refractivity contribution >= 4 is 11.0 Å². The third-order valence-electron chi connectivity index (χ3n) is 6.66. The van der Waals surface area contributed by atoms with Crippen LogP contribution >= 0.6 is 0 Å². The van der Waals surface area contributed by atoms with Crippen LogP contribution in [0.5, 0.6) is 11.5 Å². The predicted octanol–water partition coefficient (Wildman–Crippen LogP) is 4.65. The Labute approximate surface area is 204 Å². The van der Waals surface area contributed by atoms with E-state index >= 15 is 0 Å². The number of likely N-dealkylation sites (tertiary alicyclic amines) is 1. The highest BCUT2D eigenvalue weighted by atomic mass is 16.5. The van der Waals surface area contributed by atoms with Gasteiger partial charge in [0, 0.05) is 30.8 Å². The summed E-state index contributed by atoms with van der Waals surface area (Å²) in [4.78, 5) is 10.9. The van der Waals surface area contributed by atoms with Crippen molar-refractivity contribution < 1.29 is 9.84 Å². The topological polar surface area (TPSA) is 76.3 Å². The number of aliphatic hydroxyl groups excluding tert-OH is 1. The summed E-state index contributed by atoms with van der Waals surface area (Å²) in [6, 6.07) is 17.9. The first-order valence-electron chi connectivity index (χ1n) is 12.2.